The molecule has 0 aromatic heterocycles. The summed E-state index contributed by atoms with van der Waals surface area (Å²) < 4.78 is 5.73. The molecule has 0 aliphatic heterocycles. The third-order valence-electron chi connectivity index (χ3n) is 4.73. The van der Waals surface area contributed by atoms with Crippen molar-refractivity contribution in [3.63, 3.8) is 0 Å². The van der Waals surface area contributed by atoms with Gasteiger partial charge in [-0.05, 0) is 51.1 Å². The van der Waals surface area contributed by atoms with Gasteiger partial charge >= 0.3 is 0 Å². The third-order valence-corrected chi connectivity index (χ3v) is 4.73. The Morgan fingerprint density at radius 2 is 2.10 bits per heavy atom. The highest BCUT2D eigenvalue weighted by Gasteiger charge is 2.19. The highest BCUT2D eigenvalue weighted by molar-refractivity contribution is 5.35. The maximum absolute atomic E-state index is 5.73. The van der Waals surface area contributed by atoms with Gasteiger partial charge in [0, 0.05) is 11.6 Å². The SMILES string of the molecule is CCOc1ccccc1C(C)NCCC1CCCC(C)C1. The van der Waals surface area contributed by atoms with E-state index < -0.39 is 0 Å². The summed E-state index contributed by atoms with van der Waals surface area (Å²) in [6, 6.07) is 8.74. The van der Waals surface area contributed by atoms with E-state index in [4.69, 9.17) is 4.74 Å². The highest BCUT2D eigenvalue weighted by Crippen LogP contribution is 2.31. The first-order valence-electron chi connectivity index (χ1n) is 8.65. The lowest BCUT2D eigenvalue weighted by molar-refractivity contribution is 0.265. The molecule has 2 nitrogen and oxygen atoms in total. The van der Waals surface area contributed by atoms with Crippen LogP contribution in [0.5, 0.6) is 5.75 Å². The lowest BCUT2D eigenvalue weighted by Gasteiger charge is -2.27. The van der Waals surface area contributed by atoms with Gasteiger partial charge in [0.1, 0.15) is 5.75 Å². The molecular weight excluding hydrogens is 258 g/mol. The number of benzene rings is 1. The first-order valence-corrected chi connectivity index (χ1v) is 8.65. The van der Waals surface area contributed by atoms with Gasteiger partial charge in [-0.25, -0.2) is 0 Å². The lowest BCUT2D eigenvalue weighted by atomic mass is 9.81. The van der Waals surface area contributed by atoms with E-state index in [1.54, 1.807) is 0 Å². The Labute approximate surface area is 130 Å². The van der Waals surface area contributed by atoms with E-state index in [0.717, 1.165) is 30.7 Å². The third kappa shape index (κ3) is 5.03. The molecule has 21 heavy (non-hydrogen) atoms. The quantitative estimate of drug-likeness (QED) is 0.766. The molecule has 1 aromatic rings. The standard InChI is InChI=1S/C19H31NO/c1-4-21-19-11-6-5-10-18(19)16(3)20-13-12-17-9-7-8-15(2)14-17/h5-6,10-11,15-17,20H,4,7-9,12-14H2,1-3H3. The van der Waals surface area contributed by atoms with E-state index in [1.807, 2.05) is 13.0 Å². The summed E-state index contributed by atoms with van der Waals surface area (Å²) in [6.45, 7) is 8.52. The number of hydrogen-bond acceptors (Lipinski definition) is 2. The molecule has 0 radical (unpaired) electrons. The summed E-state index contributed by atoms with van der Waals surface area (Å²) in [5.74, 6) is 2.88. The monoisotopic (exact) mass is 289 g/mol. The predicted octanol–water partition coefficient (Wildman–Crippen LogP) is 4.95. The molecule has 1 saturated carbocycles. The molecule has 1 fully saturated rings. The van der Waals surface area contributed by atoms with Crippen molar-refractivity contribution >= 4 is 0 Å². The number of hydrogen-bond donors (Lipinski definition) is 1. The summed E-state index contributed by atoms with van der Waals surface area (Å²) in [7, 11) is 0. The van der Waals surface area contributed by atoms with E-state index in [1.165, 1.54) is 37.7 Å². The second-order valence-corrected chi connectivity index (χ2v) is 6.57. The fourth-order valence-electron chi connectivity index (χ4n) is 3.56. The minimum atomic E-state index is 0.355. The zero-order valence-electron chi connectivity index (χ0n) is 13.9. The maximum atomic E-state index is 5.73. The average molecular weight is 289 g/mol. The number of nitrogens with one attached hydrogen (secondary N) is 1. The van der Waals surface area contributed by atoms with Crippen LogP contribution in [0.3, 0.4) is 0 Å². The Morgan fingerprint density at radius 1 is 1.29 bits per heavy atom. The van der Waals surface area contributed by atoms with E-state index in [0.29, 0.717) is 6.04 Å². The molecule has 0 heterocycles. The minimum Gasteiger partial charge on any atom is -0.494 e. The Balaban J connectivity index is 1.80. The second-order valence-electron chi connectivity index (χ2n) is 6.57. The largest absolute Gasteiger partial charge is 0.494 e. The van der Waals surface area contributed by atoms with Gasteiger partial charge in [0.15, 0.2) is 0 Å². The van der Waals surface area contributed by atoms with Gasteiger partial charge in [0.25, 0.3) is 0 Å². The molecule has 1 aromatic carbocycles. The highest BCUT2D eigenvalue weighted by atomic mass is 16.5. The van der Waals surface area contributed by atoms with Crippen LogP contribution >= 0.6 is 0 Å². The summed E-state index contributed by atoms with van der Waals surface area (Å²) >= 11 is 0. The summed E-state index contributed by atoms with van der Waals surface area (Å²) in [6.07, 6.45) is 7.02. The van der Waals surface area contributed by atoms with Crippen molar-refractivity contribution in [2.75, 3.05) is 13.2 Å². The zero-order chi connectivity index (χ0) is 15.1. The summed E-state index contributed by atoms with van der Waals surface area (Å²) in [5.41, 5.74) is 1.27. The molecule has 0 bridgehead atoms. The van der Waals surface area contributed by atoms with Crippen molar-refractivity contribution in [3.05, 3.63) is 29.8 Å². The summed E-state index contributed by atoms with van der Waals surface area (Å²) in [5, 5.41) is 3.68. The number of rotatable bonds is 7. The Bertz CT molecular complexity index is 418. The van der Waals surface area contributed by atoms with Crippen molar-refractivity contribution in [1.29, 1.82) is 0 Å². The molecule has 0 amide bonds. The zero-order valence-corrected chi connectivity index (χ0v) is 13.9. The van der Waals surface area contributed by atoms with Crippen molar-refractivity contribution < 1.29 is 4.74 Å². The normalized spacial score (nSPS) is 23.8. The van der Waals surface area contributed by atoms with Crippen molar-refractivity contribution in [2.45, 2.75) is 58.9 Å². The van der Waals surface area contributed by atoms with Crippen LogP contribution in [0.2, 0.25) is 0 Å². The van der Waals surface area contributed by atoms with Crippen molar-refractivity contribution in [1.82, 2.24) is 5.32 Å². The fourth-order valence-corrected chi connectivity index (χ4v) is 3.56. The van der Waals surface area contributed by atoms with Crippen LogP contribution in [-0.4, -0.2) is 13.2 Å². The molecule has 118 valence electrons. The van der Waals surface area contributed by atoms with Gasteiger partial charge in [-0.1, -0.05) is 44.4 Å². The van der Waals surface area contributed by atoms with E-state index in [-0.39, 0.29) is 0 Å². The molecule has 1 aliphatic rings. The van der Waals surface area contributed by atoms with Crippen molar-refractivity contribution in [2.24, 2.45) is 11.8 Å². The van der Waals surface area contributed by atoms with Gasteiger partial charge in [0.2, 0.25) is 0 Å². The topological polar surface area (TPSA) is 21.3 Å². The van der Waals surface area contributed by atoms with Gasteiger partial charge in [-0.3, -0.25) is 0 Å². The average Bonchev–Trinajstić information content (AvgIpc) is 2.48. The van der Waals surface area contributed by atoms with E-state index in [9.17, 15) is 0 Å². The summed E-state index contributed by atoms with van der Waals surface area (Å²) in [4.78, 5) is 0. The van der Waals surface area contributed by atoms with E-state index >= 15 is 0 Å². The van der Waals surface area contributed by atoms with Crippen LogP contribution in [0.4, 0.5) is 0 Å². The van der Waals surface area contributed by atoms with Gasteiger partial charge in [-0.15, -0.1) is 0 Å². The van der Waals surface area contributed by atoms with Crippen LogP contribution in [0, 0.1) is 11.8 Å². The Kier molecular flexibility index (Phi) is 6.56. The molecule has 2 heteroatoms. The first kappa shape index (κ1) is 16.4. The second kappa shape index (κ2) is 8.43. The smallest absolute Gasteiger partial charge is 0.124 e. The molecular formula is C19H31NO. The first-order chi connectivity index (χ1) is 10.2. The Hall–Kier alpha value is -1.02. The molecule has 3 atom stereocenters. The molecule has 0 spiro atoms. The van der Waals surface area contributed by atoms with E-state index in [2.05, 4.69) is 37.4 Å². The predicted molar refractivity (Wildman–Crippen MR) is 89.8 cm³/mol. The number of ether oxygens (including phenoxy) is 1. The minimum absolute atomic E-state index is 0.355. The molecule has 2 rings (SSSR count). The van der Waals surface area contributed by atoms with Crippen LogP contribution < -0.4 is 10.1 Å². The maximum Gasteiger partial charge on any atom is 0.124 e. The Morgan fingerprint density at radius 3 is 2.86 bits per heavy atom. The molecule has 3 unspecified atom stereocenters. The van der Waals surface area contributed by atoms with Gasteiger partial charge < -0.3 is 10.1 Å². The number of para-hydroxylation sites is 1. The fraction of sp³-hybridized carbons (Fsp3) is 0.684. The van der Waals surface area contributed by atoms with Crippen molar-refractivity contribution in [3.8, 4) is 5.75 Å². The van der Waals surface area contributed by atoms with Gasteiger partial charge in [0.05, 0.1) is 6.61 Å². The van der Waals surface area contributed by atoms with Crippen LogP contribution in [0.25, 0.3) is 0 Å². The van der Waals surface area contributed by atoms with Gasteiger partial charge in [-0.2, -0.15) is 0 Å². The molecule has 1 aliphatic carbocycles. The van der Waals surface area contributed by atoms with Crippen LogP contribution in [0.15, 0.2) is 24.3 Å². The lowest BCUT2D eigenvalue weighted by Crippen LogP contribution is -2.24. The molecule has 0 saturated heterocycles. The van der Waals surface area contributed by atoms with Crippen LogP contribution in [0.1, 0.15) is 64.5 Å². The molecule has 1 N–H and O–H groups in total. The van der Waals surface area contributed by atoms with Crippen LogP contribution in [-0.2, 0) is 0 Å².